The number of likely N-dealkylation sites (N-methyl/N-ethyl adjacent to an activating group) is 1. The molecule has 7 heteroatoms. The monoisotopic (exact) mass is 459 g/mol. The van der Waals surface area contributed by atoms with Gasteiger partial charge in [0.25, 0.3) is 5.91 Å². The maximum atomic E-state index is 12.0. The van der Waals surface area contributed by atoms with Crippen molar-refractivity contribution in [2.45, 2.75) is 32.7 Å². The van der Waals surface area contributed by atoms with E-state index in [1.54, 1.807) is 0 Å². The highest BCUT2D eigenvalue weighted by Gasteiger charge is 2.22. The van der Waals surface area contributed by atoms with E-state index in [1.165, 1.54) is 12.8 Å². The van der Waals surface area contributed by atoms with Crippen LogP contribution in [-0.4, -0.2) is 55.5 Å². The van der Waals surface area contributed by atoms with Gasteiger partial charge < -0.3 is 16.4 Å². The van der Waals surface area contributed by atoms with Gasteiger partial charge in [0, 0.05) is 24.7 Å². The molecule has 1 atom stereocenters. The molecular formula is C18H30IN5O. The minimum atomic E-state index is -0.0689. The minimum absolute atomic E-state index is 0. The summed E-state index contributed by atoms with van der Waals surface area (Å²) in [6.07, 6.45) is 2.43. The van der Waals surface area contributed by atoms with Crippen molar-refractivity contribution in [3.63, 3.8) is 0 Å². The molecular weight excluding hydrogens is 429 g/mol. The smallest absolute Gasteiger partial charge is 0.251 e. The first-order valence-electron chi connectivity index (χ1n) is 8.73. The molecule has 1 aromatic carbocycles. The summed E-state index contributed by atoms with van der Waals surface area (Å²) in [7, 11) is 0. The van der Waals surface area contributed by atoms with Crippen molar-refractivity contribution < 1.29 is 4.79 Å². The van der Waals surface area contributed by atoms with Crippen LogP contribution in [0.4, 0.5) is 0 Å². The van der Waals surface area contributed by atoms with Crippen LogP contribution in [0.3, 0.4) is 0 Å². The molecule has 0 radical (unpaired) electrons. The summed E-state index contributed by atoms with van der Waals surface area (Å²) in [5.41, 5.74) is 7.65. The number of likely N-dealkylation sites (tertiary alicyclic amines) is 1. The number of aryl methyl sites for hydroxylation is 1. The van der Waals surface area contributed by atoms with Crippen LogP contribution in [0.5, 0.6) is 0 Å². The van der Waals surface area contributed by atoms with E-state index in [-0.39, 0.29) is 29.9 Å². The summed E-state index contributed by atoms with van der Waals surface area (Å²) < 4.78 is 0. The van der Waals surface area contributed by atoms with Gasteiger partial charge in [-0.3, -0.25) is 14.7 Å². The maximum absolute atomic E-state index is 12.0. The Morgan fingerprint density at radius 2 is 2.12 bits per heavy atom. The van der Waals surface area contributed by atoms with Gasteiger partial charge in [0.15, 0.2) is 5.96 Å². The van der Waals surface area contributed by atoms with E-state index in [4.69, 9.17) is 5.73 Å². The van der Waals surface area contributed by atoms with Crippen molar-refractivity contribution in [2.24, 2.45) is 10.7 Å². The Morgan fingerprint density at radius 3 is 2.84 bits per heavy atom. The zero-order chi connectivity index (χ0) is 17.4. The number of aliphatic imine (C=N–C) groups is 1. The zero-order valence-electron chi connectivity index (χ0n) is 15.1. The van der Waals surface area contributed by atoms with Gasteiger partial charge in [0.05, 0.1) is 6.54 Å². The number of guanidine groups is 1. The first kappa shape index (κ1) is 21.7. The number of nitrogens with zero attached hydrogens (tertiary/aromatic N) is 2. The molecule has 0 saturated carbocycles. The van der Waals surface area contributed by atoms with Crippen LogP contribution in [-0.2, 0) is 0 Å². The number of amides is 1. The fraction of sp³-hybridized carbons (Fsp3) is 0.556. The van der Waals surface area contributed by atoms with E-state index in [9.17, 15) is 4.79 Å². The number of carbonyl (C=O) groups excluding carboxylic acids is 1. The number of benzene rings is 1. The number of nitrogens with two attached hydrogens (primary N) is 1. The Bertz CT molecular complexity index is 578. The molecule has 6 nitrogen and oxygen atoms in total. The molecule has 1 fully saturated rings. The lowest BCUT2D eigenvalue weighted by Gasteiger charge is -2.20. The second kappa shape index (κ2) is 11.3. The van der Waals surface area contributed by atoms with Gasteiger partial charge >= 0.3 is 0 Å². The number of nitrogens with one attached hydrogen (secondary N) is 2. The third-order valence-electron chi connectivity index (χ3n) is 4.37. The highest BCUT2D eigenvalue weighted by atomic mass is 127. The van der Waals surface area contributed by atoms with Gasteiger partial charge in [-0.15, -0.1) is 24.0 Å². The molecule has 25 heavy (non-hydrogen) atoms. The lowest BCUT2D eigenvalue weighted by Crippen LogP contribution is -2.39. The first-order chi connectivity index (χ1) is 11.6. The summed E-state index contributed by atoms with van der Waals surface area (Å²) in [4.78, 5) is 18.9. The predicted molar refractivity (Wildman–Crippen MR) is 114 cm³/mol. The van der Waals surface area contributed by atoms with E-state index >= 15 is 0 Å². The highest BCUT2D eigenvalue weighted by Crippen LogP contribution is 2.16. The van der Waals surface area contributed by atoms with Crippen LogP contribution in [0.25, 0.3) is 0 Å². The molecule has 1 aliphatic heterocycles. The van der Waals surface area contributed by atoms with Crippen molar-refractivity contribution in [1.29, 1.82) is 0 Å². The van der Waals surface area contributed by atoms with Crippen molar-refractivity contribution in [3.8, 4) is 0 Å². The SMILES string of the molecule is CCN1CCCC1CN=C(N)NCCNC(=O)c1cccc(C)c1.I. The molecule has 1 unspecified atom stereocenters. The molecule has 2 rings (SSSR count). The molecule has 0 aliphatic carbocycles. The lowest BCUT2D eigenvalue weighted by molar-refractivity contribution is 0.0954. The number of hydrogen-bond acceptors (Lipinski definition) is 3. The number of halogens is 1. The Labute approximate surface area is 167 Å². The maximum Gasteiger partial charge on any atom is 0.251 e. The standard InChI is InChI=1S/C18H29N5O.HI/c1-3-23-11-5-8-16(23)13-22-18(19)21-10-9-20-17(24)15-7-4-6-14(2)12-15;/h4,6-7,12,16H,3,5,8-11,13H2,1-2H3,(H,20,24)(H3,19,21,22);1H. The van der Waals surface area contributed by atoms with Crippen molar-refractivity contribution in [3.05, 3.63) is 35.4 Å². The molecule has 1 amide bonds. The zero-order valence-corrected chi connectivity index (χ0v) is 17.5. The quantitative estimate of drug-likeness (QED) is 0.251. The first-order valence-corrected chi connectivity index (χ1v) is 8.73. The van der Waals surface area contributed by atoms with Crippen LogP contribution in [0, 0.1) is 6.92 Å². The van der Waals surface area contributed by atoms with Gasteiger partial charge in [-0.05, 0) is 45.0 Å². The van der Waals surface area contributed by atoms with Gasteiger partial charge in [0.2, 0.25) is 0 Å². The van der Waals surface area contributed by atoms with E-state index in [0.717, 1.165) is 25.2 Å². The largest absolute Gasteiger partial charge is 0.370 e. The number of hydrogen-bond donors (Lipinski definition) is 3. The van der Waals surface area contributed by atoms with Crippen molar-refractivity contribution >= 4 is 35.8 Å². The molecule has 1 heterocycles. The van der Waals surface area contributed by atoms with Crippen molar-refractivity contribution in [2.75, 3.05) is 32.7 Å². The molecule has 1 aromatic rings. The van der Waals surface area contributed by atoms with E-state index in [1.807, 2.05) is 31.2 Å². The van der Waals surface area contributed by atoms with Crippen LogP contribution >= 0.6 is 24.0 Å². The number of rotatable bonds is 7. The molecule has 0 aromatic heterocycles. The number of carbonyl (C=O) groups is 1. The lowest BCUT2D eigenvalue weighted by atomic mass is 10.1. The molecule has 0 bridgehead atoms. The van der Waals surface area contributed by atoms with Crippen LogP contribution in [0.2, 0.25) is 0 Å². The summed E-state index contributed by atoms with van der Waals surface area (Å²) in [5, 5.41) is 5.93. The van der Waals surface area contributed by atoms with Crippen molar-refractivity contribution in [1.82, 2.24) is 15.5 Å². The van der Waals surface area contributed by atoms with Gasteiger partial charge in [-0.25, -0.2) is 0 Å². The highest BCUT2D eigenvalue weighted by molar-refractivity contribution is 14.0. The van der Waals surface area contributed by atoms with Crippen LogP contribution < -0.4 is 16.4 Å². The normalized spacial score (nSPS) is 17.8. The third-order valence-corrected chi connectivity index (χ3v) is 4.37. The van der Waals surface area contributed by atoms with Gasteiger partial charge in [-0.1, -0.05) is 24.6 Å². The average Bonchev–Trinajstić information content (AvgIpc) is 3.04. The third kappa shape index (κ3) is 7.19. The summed E-state index contributed by atoms with van der Waals surface area (Å²) in [6.45, 7) is 8.19. The summed E-state index contributed by atoms with van der Waals surface area (Å²) in [5.74, 6) is 0.378. The Hall–Kier alpha value is -1.35. The minimum Gasteiger partial charge on any atom is -0.370 e. The van der Waals surface area contributed by atoms with E-state index in [0.29, 0.717) is 30.7 Å². The molecule has 1 saturated heterocycles. The molecule has 4 N–H and O–H groups in total. The van der Waals surface area contributed by atoms with Gasteiger partial charge in [0.1, 0.15) is 0 Å². The van der Waals surface area contributed by atoms with E-state index < -0.39 is 0 Å². The second-order valence-electron chi connectivity index (χ2n) is 6.20. The molecule has 140 valence electrons. The van der Waals surface area contributed by atoms with Crippen LogP contribution in [0.1, 0.15) is 35.7 Å². The fourth-order valence-corrected chi connectivity index (χ4v) is 3.03. The summed E-state index contributed by atoms with van der Waals surface area (Å²) in [6, 6.07) is 8.05. The Balaban J connectivity index is 0.00000312. The average molecular weight is 459 g/mol. The second-order valence-corrected chi connectivity index (χ2v) is 6.20. The predicted octanol–water partition coefficient (Wildman–Crippen LogP) is 1.73. The summed E-state index contributed by atoms with van der Waals surface area (Å²) >= 11 is 0. The Kier molecular flexibility index (Phi) is 9.81. The fourth-order valence-electron chi connectivity index (χ4n) is 3.03. The van der Waals surface area contributed by atoms with Crippen LogP contribution in [0.15, 0.2) is 29.3 Å². The molecule has 1 aliphatic rings. The van der Waals surface area contributed by atoms with E-state index in [2.05, 4.69) is 27.4 Å². The topological polar surface area (TPSA) is 82.8 Å². The van der Waals surface area contributed by atoms with Gasteiger partial charge in [-0.2, -0.15) is 0 Å². The Morgan fingerprint density at radius 1 is 1.36 bits per heavy atom. The molecule has 0 spiro atoms.